The second-order valence-electron chi connectivity index (χ2n) is 8.02. The van der Waals surface area contributed by atoms with E-state index in [2.05, 4.69) is 9.80 Å². The van der Waals surface area contributed by atoms with Gasteiger partial charge in [-0.2, -0.15) is 0 Å². The van der Waals surface area contributed by atoms with E-state index in [0.29, 0.717) is 5.41 Å². The van der Waals surface area contributed by atoms with Crippen molar-refractivity contribution in [2.45, 2.75) is 57.8 Å². The maximum absolute atomic E-state index is 6.37. The third-order valence-corrected chi connectivity index (χ3v) is 6.08. The zero-order chi connectivity index (χ0) is 16.7. The summed E-state index contributed by atoms with van der Waals surface area (Å²) in [5.74, 6) is 0.795. The van der Waals surface area contributed by atoms with Crippen molar-refractivity contribution >= 4 is 5.96 Å². The molecule has 1 saturated carbocycles. The highest BCUT2D eigenvalue weighted by Crippen LogP contribution is 2.37. The number of rotatable bonds is 4. The van der Waals surface area contributed by atoms with E-state index in [1.54, 1.807) is 0 Å². The number of guanidine groups is 1. The highest BCUT2D eigenvalue weighted by molar-refractivity contribution is 5.78. The largest absolute Gasteiger partial charge is 0.379 e. The van der Waals surface area contributed by atoms with Crippen LogP contribution in [0.5, 0.6) is 0 Å². The molecule has 138 valence electrons. The lowest BCUT2D eigenvalue weighted by atomic mass is 9.73. The summed E-state index contributed by atoms with van der Waals surface area (Å²) in [6.45, 7) is 8.18. The molecule has 0 unspecified atom stereocenters. The molecule has 24 heavy (non-hydrogen) atoms. The summed E-state index contributed by atoms with van der Waals surface area (Å²) in [6.07, 6.45) is 11.9. The molecule has 0 spiro atoms. The van der Waals surface area contributed by atoms with Gasteiger partial charge in [-0.3, -0.25) is 9.89 Å². The molecule has 3 fully saturated rings. The maximum Gasteiger partial charge on any atom is 0.191 e. The average Bonchev–Trinajstić information content (AvgIpc) is 2.91. The molecule has 2 heterocycles. The zero-order valence-corrected chi connectivity index (χ0v) is 15.3. The molecule has 3 aliphatic rings. The molecule has 3 rings (SSSR count). The van der Waals surface area contributed by atoms with E-state index in [1.807, 2.05) is 0 Å². The molecule has 0 aromatic rings. The normalized spacial score (nSPS) is 27.0. The van der Waals surface area contributed by atoms with Gasteiger partial charge in [0.1, 0.15) is 0 Å². The van der Waals surface area contributed by atoms with Crippen LogP contribution in [0.1, 0.15) is 57.8 Å². The molecule has 2 N–H and O–H groups in total. The van der Waals surface area contributed by atoms with Gasteiger partial charge in [0.2, 0.25) is 0 Å². The van der Waals surface area contributed by atoms with Crippen LogP contribution in [0.4, 0.5) is 0 Å². The predicted molar refractivity (Wildman–Crippen MR) is 99.3 cm³/mol. The minimum Gasteiger partial charge on any atom is -0.379 e. The Morgan fingerprint density at radius 2 is 1.50 bits per heavy atom. The van der Waals surface area contributed by atoms with Gasteiger partial charge in [-0.25, -0.2) is 0 Å². The fourth-order valence-electron chi connectivity index (χ4n) is 4.55. The fourth-order valence-corrected chi connectivity index (χ4v) is 4.55. The Kier molecular flexibility index (Phi) is 6.78. The summed E-state index contributed by atoms with van der Waals surface area (Å²) in [5, 5.41) is 0. The Morgan fingerprint density at radius 3 is 2.17 bits per heavy atom. The van der Waals surface area contributed by atoms with Crippen LogP contribution in [0.15, 0.2) is 4.99 Å². The van der Waals surface area contributed by atoms with Gasteiger partial charge < -0.3 is 15.4 Å². The van der Waals surface area contributed by atoms with Crippen molar-refractivity contribution in [2.75, 3.05) is 52.5 Å². The summed E-state index contributed by atoms with van der Waals surface area (Å²) in [6, 6.07) is 0. The Morgan fingerprint density at radius 1 is 0.875 bits per heavy atom. The van der Waals surface area contributed by atoms with Crippen LogP contribution >= 0.6 is 0 Å². The van der Waals surface area contributed by atoms with Crippen molar-refractivity contribution in [1.82, 2.24) is 9.80 Å². The highest BCUT2D eigenvalue weighted by atomic mass is 16.5. The quantitative estimate of drug-likeness (QED) is 0.633. The first-order chi connectivity index (χ1) is 11.8. The van der Waals surface area contributed by atoms with Crippen LogP contribution in [0, 0.1) is 5.41 Å². The molecule has 0 atom stereocenters. The van der Waals surface area contributed by atoms with Gasteiger partial charge >= 0.3 is 0 Å². The minimum atomic E-state index is 0.339. The van der Waals surface area contributed by atoms with Gasteiger partial charge in [0, 0.05) is 44.7 Å². The number of likely N-dealkylation sites (tertiary alicyclic amines) is 1. The Hall–Kier alpha value is -0.810. The first kappa shape index (κ1) is 18.0. The first-order valence-corrected chi connectivity index (χ1v) is 10.1. The smallest absolute Gasteiger partial charge is 0.191 e. The average molecular weight is 337 g/mol. The van der Waals surface area contributed by atoms with E-state index in [-0.39, 0.29) is 0 Å². The summed E-state index contributed by atoms with van der Waals surface area (Å²) in [7, 11) is 0. The van der Waals surface area contributed by atoms with E-state index in [1.165, 1.54) is 64.3 Å². The van der Waals surface area contributed by atoms with Crippen molar-refractivity contribution in [2.24, 2.45) is 16.1 Å². The topological polar surface area (TPSA) is 54.1 Å². The molecular formula is C19H36N4O. The first-order valence-electron chi connectivity index (χ1n) is 10.1. The van der Waals surface area contributed by atoms with Gasteiger partial charge in [0.25, 0.3) is 0 Å². The molecule has 5 nitrogen and oxygen atoms in total. The summed E-state index contributed by atoms with van der Waals surface area (Å²) < 4.78 is 5.52. The molecular weight excluding hydrogens is 300 g/mol. The van der Waals surface area contributed by atoms with Gasteiger partial charge in [-0.05, 0) is 25.7 Å². The summed E-state index contributed by atoms with van der Waals surface area (Å²) >= 11 is 0. The van der Waals surface area contributed by atoms with Crippen LogP contribution in [-0.2, 0) is 4.74 Å². The number of hydrogen-bond donors (Lipinski definition) is 1. The van der Waals surface area contributed by atoms with Crippen molar-refractivity contribution in [3.8, 4) is 0 Å². The lowest BCUT2D eigenvalue weighted by Crippen LogP contribution is -2.46. The molecule has 0 aromatic heterocycles. The van der Waals surface area contributed by atoms with Crippen molar-refractivity contribution in [3.63, 3.8) is 0 Å². The van der Waals surface area contributed by atoms with Crippen molar-refractivity contribution < 1.29 is 4.74 Å². The number of hydrogen-bond acceptors (Lipinski definition) is 3. The zero-order valence-electron chi connectivity index (χ0n) is 15.3. The van der Waals surface area contributed by atoms with E-state index >= 15 is 0 Å². The number of ether oxygens (including phenoxy) is 1. The van der Waals surface area contributed by atoms with Gasteiger partial charge in [0.15, 0.2) is 5.96 Å². The molecule has 2 aliphatic heterocycles. The minimum absolute atomic E-state index is 0.339. The van der Waals surface area contributed by atoms with Crippen LogP contribution in [-0.4, -0.2) is 68.2 Å². The lowest BCUT2D eigenvalue weighted by Gasteiger charge is -2.41. The van der Waals surface area contributed by atoms with E-state index in [4.69, 9.17) is 15.5 Å². The standard InChI is InChI=1S/C19H36N4O/c20-18(23-10-6-1-2-7-11-23)21-16-19(8-4-3-5-9-19)17-22-12-14-24-15-13-22/h1-17H2,(H2,20,21). The maximum atomic E-state index is 6.37. The van der Waals surface area contributed by atoms with Crippen LogP contribution in [0.2, 0.25) is 0 Å². The molecule has 2 saturated heterocycles. The van der Waals surface area contributed by atoms with Crippen LogP contribution in [0.3, 0.4) is 0 Å². The molecule has 0 aromatic carbocycles. The molecule has 0 radical (unpaired) electrons. The van der Waals surface area contributed by atoms with Crippen LogP contribution in [0.25, 0.3) is 0 Å². The van der Waals surface area contributed by atoms with Gasteiger partial charge in [-0.15, -0.1) is 0 Å². The van der Waals surface area contributed by atoms with Gasteiger partial charge in [-0.1, -0.05) is 32.1 Å². The van der Waals surface area contributed by atoms with E-state index in [9.17, 15) is 0 Å². The molecule has 1 aliphatic carbocycles. The number of aliphatic imine (C=N–C) groups is 1. The van der Waals surface area contributed by atoms with Crippen molar-refractivity contribution in [3.05, 3.63) is 0 Å². The predicted octanol–water partition coefficient (Wildman–Crippen LogP) is 2.46. The SMILES string of the molecule is NC(=NCC1(CN2CCOCC2)CCCCC1)N1CCCCCC1. The Labute approximate surface area is 147 Å². The summed E-state index contributed by atoms with van der Waals surface area (Å²) in [4.78, 5) is 9.82. The Bertz CT molecular complexity index is 392. The third kappa shape index (κ3) is 5.09. The van der Waals surface area contributed by atoms with E-state index in [0.717, 1.165) is 51.9 Å². The number of nitrogens with two attached hydrogens (primary N) is 1. The van der Waals surface area contributed by atoms with E-state index < -0.39 is 0 Å². The molecule has 0 bridgehead atoms. The monoisotopic (exact) mass is 336 g/mol. The number of nitrogens with zero attached hydrogens (tertiary/aromatic N) is 3. The second kappa shape index (κ2) is 9.04. The highest BCUT2D eigenvalue weighted by Gasteiger charge is 2.34. The lowest BCUT2D eigenvalue weighted by molar-refractivity contribution is 0.00934. The number of morpholine rings is 1. The van der Waals surface area contributed by atoms with Gasteiger partial charge in [0.05, 0.1) is 13.2 Å². The molecule has 0 amide bonds. The Balaban J connectivity index is 1.61. The van der Waals surface area contributed by atoms with Crippen molar-refractivity contribution in [1.29, 1.82) is 0 Å². The summed E-state index contributed by atoms with van der Waals surface area (Å²) in [5.41, 5.74) is 6.71. The van der Waals surface area contributed by atoms with Crippen LogP contribution < -0.4 is 5.73 Å². The molecule has 5 heteroatoms. The fraction of sp³-hybridized carbons (Fsp3) is 0.947. The second-order valence-corrected chi connectivity index (χ2v) is 8.02. The third-order valence-electron chi connectivity index (χ3n) is 6.08.